The van der Waals surface area contributed by atoms with Crippen molar-refractivity contribution < 1.29 is 0 Å². The molecule has 1 aromatic rings. The number of anilines is 1. The summed E-state index contributed by atoms with van der Waals surface area (Å²) in [6, 6.07) is 0.857. The Morgan fingerprint density at radius 3 is 2.39 bits per heavy atom. The highest BCUT2D eigenvalue weighted by Crippen LogP contribution is 2.28. The molecule has 0 radical (unpaired) electrons. The highest BCUT2D eigenvalue weighted by molar-refractivity contribution is 7.80. The van der Waals surface area contributed by atoms with E-state index < -0.39 is 0 Å². The molecule has 0 amide bonds. The Kier molecular flexibility index (Phi) is 3.13. The van der Waals surface area contributed by atoms with E-state index in [0.717, 1.165) is 38.0 Å². The van der Waals surface area contributed by atoms with Gasteiger partial charge in [0.05, 0.1) is 12.4 Å². The number of hydrogen-bond donors (Lipinski definition) is 1. The Labute approximate surface area is 112 Å². The summed E-state index contributed by atoms with van der Waals surface area (Å²) in [4.78, 5) is 13.8. The summed E-state index contributed by atoms with van der Waals surface area (Å²) >= 11 is 4.87. The number of rotatable bonds is 3. The molecule has 1 saturated carbocycles. The Hall–Kier alpha value is -1.27. The van der Waals surface area contributed by atoms with Crippen LogP contribution in [0, 0.1) is 0 Å². The third kappa shape index (κ3) is 2.44. The molecule has 2 fully saturated rings. The van der Waals surface area contributed by atoms with Crippen molar-refractivity contribution in [3.63, 3.8) is 0 Å². The van der Waals surface area contributed by atoms with Crippen molar-refractivity contribution in [2.24, 2.45) is 5.73 Å². The van der Waals surface area contributed by atoms with E-state index in [9.17, 15) is 0 Å². The van der Waals surface area contributed by atoms with E-state index in [4.69, 9.17) is 18.0 Å². The lowest BCUT2D eigenvalue weighted by molar-refractivity contribution is 0.247. The molecular weight excluding hydrogens is 246 g/mol. The molecule has 0 bridgehead atoms. The molecule has 2 aliphatic rings. The van der Waals surface area contributed by atoms with Gasteiger partial charge in [0.15, 0.2) is 0 Å². The molecule has 1 saturated heterocycles. The first kappa shape index (κ1) is 11.8. The molecule has 1 aromatic heterocycles. The maximum absolute atomic E-state index is 5.51. The van der Waals surface area contributed by atoms with Gasteiger partial charge in [0, 0.05) is 32.2 Å². The second kappa shape index (κ2) is 4.78. The Morgan fingerprint density at radius 1 is 1.17 bits per heavy atom. The third-order valence-electron chi connectivity index (χ3n) is 3.59. The van der Waals surface area contributed by atoms with Crippen LogP contribution in [0.2, 0.25) is 0 Å². The van der Waals surface area contributed by atoms with Gasteiger partial charge in [0.25, 0.3) is 0 Å². The number of piperazine rings is 1. The van der Waals surface area contributed by atoms with Crippen molar-refractivity contribution in [3.05, 3.63) is 18.1 Å². The van der Waals surface area contributed by atoms with Gasteiger partial charge in [0.2, 0.25) is 0 Å². The molecule has 0 unspecified atom stereocenters. The monoisotopic (exact) mass is 263 g/mol. The van der Waals surface area contributed by atoms with E-state index >= 15 is 0 Å². The van der Waals surface area contributed by atoms with Crippen LogP contribution in [0.3, 0.4) is 0 Å². The number of nitrogens with zero attached hydrogens (tertiary/aromatic N) is 4. The number of aromatic nitrogens is 2. The smallest absolute Gasteiger partial charge is 0.147 e. The molecule has 18 heavy (non-hydrogen) atoms. The summed E-state index contributed by atoms with van der Waals surface area (Å²) in [5.74, 6) is 0.922. The van der Waals surface area contributed by atoms with Crippen molar-refractivity contribution in [1.29, 1.82) is 0 Å². The SMILES string of the molecule is NC(=S)c1cnc(N2CCN(C3CC3)CC2)cn1. The van der Waals surface area contributed by atoms with Gasteiger partial charge in [-0.3, -0.25) is 4.90 Å². The van der Waals surface area contributed by atoms with Gasteiger partial charge in [0.1, 0.15) is 16.5 Å². The Morgan fingerprint density at radius 2 is 1.89 bits per heavy atom. The topological polar surface area (TPSA) is 58.3 Å². The predicted octanol–water partition coefficient (Wildman–Crippen LogP) is 0.395. The first-order valence-corrected chi connectivity index (χ1v) is 6.76. The third-order valence-corrected chi connectivity index (χ3v) is 3.80. The predicted molar refractivity (Wildman–Crippen MR) is 74.7 cm³/mol. The minimum absolute atomic E-state index is 0.299. The quantitative estimate of drug-likeness (QED) is 0.796. The summed E-state index contributed by atoms with van der Waals surface area (Å²) in [6.45, 7) is 4.31. The van der Waals surface area contributed by atoms with Gasteiger partial charge in [-0.15, -0.1) is 0 Å². The molecule has 2 heterocycles. The molecule has 5 nitrogen and oxygen atoms in total. The fourth-order valence-electron chi connectivity index (χ4n) is 2.37. The standard InChI is InChI=1S/C12H17N5S/c13-12(18)10-7-15-11(8-14-10)17-5-3-16(4-6-17)9-1-2-9/h7-9H,1-6H2,(H2,13,18). The summed E-state index contributed by atoms with van der Waals surface area (Å²) in [6.07, 6.45) is 6.18. The van der Waals surface area contributed by atoms with E-state index in [1.807, 2.05) is 0 Å². The molecule has 3 rings (SSSR count). The number of thiocarbonyl (C=S) groups is 1. The summed E-state index contributed by atoms with van der Waals surface area (Å²) in [7, 11) is 0. The molecule has 0 spiro atoms. The van der Waals surface area contributed by atoms with Crippen LogP contribution < -0.4 is 10.6 Å². The van der Waals surface area contributed by atoms with Crippen LogP contribution in [0.5, 0.6) is 0 Å². The largest absolute Gasteiger partial charge is 0.388 e. The average Bonchev–Trinajstić information content (AvgIpc) is 3.23. The van der Waals surface area contributed by atoms with E-state index in [1.165, 1.54) is 12.8 Å². The fraction of sp³-hybridized carbons (Fsp3) is 0.583. The molecule has 1 aliphatic heterocycles. The van der Waals surface area contributed by atoms with Crippen molar-refractivity contribution >= 4 is 23.0 Å². The van der Waals surface area contributed by atoms with E-state index in [2.05, 4.69) is 19.8 Å². The van der Waals surface area contributed by atoms with Gasteiger partial charge in [-0.25, -0.2) is 9.97 Å². The fourth-order valence-corrected chi connectivity index (χ4v) is 2.47. The highest BCUT2D eigenvalue weighted by atomic mass is 32.1. The zero-order chi connectivity index (χ0) is 12.5. The van der Waals surface area contributed by atoms with Gasteiger partial charge >= 0.3 is 0 Å². The van der Waals surface area contributed by atoms with Crippen molar-refractivity contribution in [3.8, 4) is 0 Å². The maximum atomic E-state index is 5.51. The molecule has 2 N–H and O–H groups in total. The zero-order valence-corrected chi connectivity index (χ0v) is 11.1. The van der Waals surface area contributed by atoms with Crippen LogP contribution in [0.1, 0.15) is 18.5 Å². The molecule has 96 valence electrons. The van der Waals surface area contributed by atoms with Gasteiger partial charge in [-0.05, 0) is 12.8 Å². The van der Waals surface area contributed by atoms with Crippen molar-refractivity contribution in [2.75, 3.05) is 31.1 Å². The first-order chi connectivity index (χ1) is 8.74. The van der Waals surface area contributed by atoms with Crippen LogP contribution in [-0.2, 0) is 0 Å². The molecule has 0 atom stereocenters. The lowest BCUT2D eigenvalue weighted by Crippen LogP contribution is -2.47. The van der Waals surface area contributed by atoms with Gasteiger partial charge in [-0.1, -0.05) is 12.2 Å². The van der Waals surface area contributed by atoms with Crippen LogP contribution in [0.15, 0.2) is 12.4 Å². The maximum Gasteiger partial charge on any atom is 0.147 e. The number of hydrogen-bond acceptors (Lipinski definition) is 5. The minimum Gasteiger partial charge on any atom is -0.388 e. The van der Waals surface area contributed by atoms with Crippen LogP contribution in [0.4, 0.5) is 5.82 Å². The van der Waals surface area contributed by atoms with Crippen LogP contribution >= 0.6 is 12.2 Å². The van der Waals surface area contributed by atoms with Crippen LogP contribution in [0.25, 0.3) is 0 Å². The van der Waals surface area contributed by atoms with Gasteiger partial charge < -0.3 is 10.6 Å². The highest BCUT2D eigenvalue weighted by Gasteiger charge is 2.31. The molecule has 1 aliphatic carbocycles. The Balaban J connectivity index is 1.62. The molecule has 0 aromatic carbocycles. The van der Waals surface area contributed by atoms with E-state index in [0.29, 0.717) is 10.7 Å². The normalized spacial score (nSPS) is 21.0. The Bertz CT molecular complexity index is 434. The van der Waals surface area contributed by atoms with Crippen molar-refractivity contribution in [1.82, 2.24) is 14.9 Å². The summed E-state index contributed by atoms with van der Waals surface area (Å²) in [5, 5.41) is 0. The average molecular weight is 263 g/mol. The number of nitrogens with two attached hydrogens (primary N) is 1. The first-order valence-electron chi connectivity index (χ1n) is 6.35. The van der Waals surface area contributed by atoms with E-state index in [-0.39, 0.29) is 0 Å². The second-order valence-electron chi connectivity index (χ2n) is 4.88. The molecular formula is C12H17N5S. The second-order valence-corrected chi connectivity index (χ2v) is 5.32. The van der Waals surface area contributed by atoms with Crippen LogP contribution in [-0.4, -0.2) is 52.1 Å². The lowest BCUT2D eigenvalue weighted by atomic mass is 10.3. The molecule has 6 heteroatoms. The summed E-state index contributed by atoms with van der Waals surface area (Å²) in [5.41, 5.74) is 6.10. The minimum atomic E-state index is 0.299. The zero-order valence-electron chi connectivity index (χ0n) is 10.2. The van der Waals surface area contributed by atoms with Gasteiger partial charge in [-0.2, -0.15) is 0 Å². The van der Waals surface area contributed by atoms with Crippen molar-refractivity contribution in [2.45, 2.75) is 18.9 Å². The van der Waals surface area contributed by atoms with E-state index in [1.54, 1.807) is 12.4 Å². The lowest BCUT2D eigenvalue weighted by Gasteiger charge is -2.35. The summed E-state index contributed by atoms with van der Waals surface area (Å²) < 4.78 is 0.